The van der Waals surface area contributed by atoms with Gasteiger partial charge in [-0.2, -0.15) is 0 Å². The van der Waals surface area contributed by atoms with E-state index in [0.717, 1.165) is 12.8 Å². The number of carbonyl (C=O) groups excluding carboxylic acids is 2. The lowest BCUT2D eigenvalue weighted by molar-refractivity contribution is -0.188. The van der Waals surface area contributed by atoms with E-state index in [4.69, 9.17) is 9.47 Å². The fourth-order valence-electron chi connectivity index (χ4n) is 3.11. The lowest BCUT2D eigenvalue weighted by atomic mass is 9.88. The smallest absolute Gasteiger partial charge is 0.410 e. The van der Waals surface area contributed by atoms with Gasteiger partial charge >= 0.3 is 6.09 Å². The van der Waals surface area contributed by atoms with Gasteiger partial charge in [-0.25, -0.2) is 4.79 Å². The minimum absolute atomic E-state index is 0.0581. The Labute approximate surface area is 132 Å². The molecule has 2 aliphatic rings. The zero-order valence-corrected chi connectivity index (χ0v) is 14.3. The highest BCUT2D eigenvalue weighted by Crippen LogP contribution is 2.33. The van der Waals surface area contributed by atoms with Crippen LogP contribution in [0.25, 0.3) is 0 Å². The maximum Gasteiger partial charge on any atom is 0.410 e. The zero-order chi connectivity index (χ0) is 16.5. The molecule has 0 saturated carbocycles. The molecule has 1 atom stereocenters. The molecule has 2 heterocycles. The molecular weight excluding hydrogens is 284 g/mol. The fourth-order valence-corrected chi connectivity index (χ4v) is 3.11. The van der Waals surface area contributed by atoms with Gasteiger partial charge in [-0.1, -0.05) is 0 Å². The second-order valence-corrected chi connectivity index (χ2v) is 7.26. The van der Waals surface area contributed by atoms with Crippen molar-refractivity contribution < 1.29 is 19.1 Å². The molecule has 2 aliphatic heterocycles. The second-order valence-electron chi connectivity index (χ2n) is 7.26. The lowest BCUT2D eigenvalue weighted by Crippen LogP contribution is -2.61. The first-order valence-electron chi connectivity index (χ1n) is 8.10. The molecule has 22 heavy (non-hydrogen) atoms. The molecule has 2 amide bonds. The Kier molecular flexibility index (Phi) is 4.70. The van der Waals surface area contributed by atoms with Crippen LogP contribution >= 0.6 is 0 Å². The first-order valence-corrected chi connectivity index (χ1v) is 8.10. The summed E-state index contributed by atoms with van der Waals surface area (Å²) in [6, 6.07) is 0. The van der Waals surface area contributed by atoms with Crippen LogP contribution in [0.1, 0.15) is 47.5 Å². The average Bonchev–Trinajstić information content (AvgIpc) is 2.42. The molecule has 0 aromatic carbocycles. The predicted molar refractivity (Wildman–Crippen MR) is 82.6 cm³/mol. The molecule has 1 spiro atoms. The summed E-state index contributed by atoms with van der Waals surface area (Å²) in [7, 11) is 0. The highest BCUT2D eigenvalue weighted by atomic mass is 16.6. The molecular formula is C16H28N2O4. The van der Waals surface area contributed by atoms with E-state index in [2.05, 4.69) is 0 Å². The van der Waals surface area contributed by atoms with Crippen molar-refractivity contribution in [3.63, 3.8) is 0 Å². The van der Waals surface area contributed by atoms with Crippen molar-refractivity contribution >= 4 is 12.0 Å². The van der Waals surface area contributed by atoms with Crippen molar-refractivity contribution in [1.29, 1.82) is 0 Å². The molecule has 0 aliphatic carbocycles. The molecule has 0 N–H and O–H groups in total. The van der Waals surface area contributed by atoms with E-state index in [1.54, 1.807) is 4.90 Å². The molecule has 0 unspecified atom stereocenters. The number of hydrogen-bond acceptors (Lipinski definition) is 4. The van der Waals surface area contributed by atoms with Gasteiger partial charge in [0.25, 0.3) is 5.91 Å². The molecule has 2 saturated heterocycles. The van der Waals surface area contributed by atoms with Gasteiger partial charge in [0.1, 0.15) is 11.7 Å². The van der Waals surface area contributed by atoms with Gasteiger partial charge in [0.15, 0.2) is 0 Å². The van der Waals surface area contributed by atoms with Crippen molar-refractivity contribution in [3.05, 3.63) is 0 Å². The van der Waals surface area contributed by atoms with Crippen LogP contribution in [0.15, 0.2) is 0 Å². The number of rotatable bonds is 1. The number of morpholine rings is 1. The Hall–Kier alpha value is -1.30. The van der Waals surface area contributed by atoms with Gasteiger partial charge < -0.3 is 19.3 Å². The number of amides is 2. The Morgan fingerprint density at radius 1 is 1.36 bits per heavy atom. The number of likely N-dealkylation sites (tertiary alicyclic amines) is 1. The zero-order valence-electron chi connectivity index (χ0n) is 14.3. The number of carbonyl (C=O) groups is 2. The van der Waals surface area contributed by atoms with E-state index in [1.807, 2.05) is 39.5 Å². The third-order valence-electron chi connectivity index (χ3n) is 4.27. The summed E-state index contributed by atoms with van der Waals surface area (Å²) in [5.74, 6) is 0.0581. The highest BCUT2D eigenvalue weighted by Gasteiger charge is 2.45. The standard InChI is InChI=1S/C16H28N2O4/c1-6-17-11-16(21-12(2)13(17)19)7-9-18(10-8-16)14(20)22-15(3,4)5/h12H,6-11H2,1-5H3/t12-/m0/s1. The SMILES string of the molecule is CCN1CC2(CCN(C(=O)OC(C)(C)C)CC2)O[C@@H](C)C1=O. The van der Waals surface area contributed by atoms with Gasteiger partial charge in [-0.05, 0) is 47.5 Å². The van der Waals surface area contributed by atoms with Crippen LogP contribution in [0.3, 0.4) is 0 Å². The van der Waals surface area contributed by atoms with E-state index in [1.165, 1.54) is 0 Å². The van der Waals surface area contributed by atoms with E-state index < -0.39 is 11.7 Å². The van der Waals surface area contributed by atoms with E-state index in [-0.39, 0.29) is 17.6 Å². The predicted octanol–water partition coefficient (Wildman–Crippen LogP) is 2.02. The van der Waals surface area contributed by atoms with Crippen molar-refractivity contribution in [2.75, 3.05) is 26.2 Å². The van der Waals surface area contributed by atoms with Gasteiger partial charge in [-0.15, -0.1) is 0 Å². The summed E-state index contributed by atoms with van der Waals surface area (Å²) in [5.41, 5.74) is -0.796. The molecule has 0 bridgehead atoms. The number of ether oxygens (including phenoxy) is 2. The summed E-state index contributed by atoms with van der Waals surface area (Å²) in [4.78, 5) is 27.7. The summed E-state index contributed by atoms with van der Waals surface area (Å²) in [5, 5.41) is 0. The summed E-state index contributed by atoms with van der Waals surface area (Å²) >= 11 is 0. The Morgan fingerprint density at radius 2 is 1.95 bits per heavy atom. The van der Waals surface area contributed by atoms with Gasteiger partial charge in [-0.3, -0.25) is 4.79 Å². The number of nitrogens with zero attached hydrogens (tertiary/aromatic N) is 2. The first kappa shape index (κ1) is 17.1. The molecule has 126 valence electrons. The van der Waals surface area contributed by atoms with Crippen LogP contribution in [-0.4, -0.2) is 65.3 Å². The van der Waals surface area contributed by atoms with Crippen molar-refractivity contribution in [2.45, 2.75) is 64.8 Å². The highest BCUT2D eigenvalue weighted by molar-refractivity contribution is 5.81. The number of likely N-dealkylation sites (N-methyl/N-ethyl adjacent to an activating group) is 1. The van der Waals surface area contributed by atoms with Crippen LogP contribution in [0.4, 0.5) is 4.79 Å². The topological polar surface area (TPSA) is 59.1 Å². The second kappa shape index (κ2) is 6.07. The van der Waals surface area contributed by atoms with Crippen molar-refractivity contribution in [1.82, 2.24) is 9.80 Å². The molecule has 0 radical (unpaired) electrons. The number of hydrogen-bond donors (Lipinski definition) is 0. The summed E-state index contributed by atoms with van der Waals surface area (Å²) in [6.07, 6.45) is 0.803. The average molecular weight is 312 g/mol. The van der Waals surface area contributed by atoms with Crippen LogP contribution < -0.4 is 0 Å². The minimum Gasteiger partial charge on any atom is -0.444 e. The lowest BCUT2D eigenvalue weighted by Gasteiger charge is -2.48. The summed E-state index contributed by atoms with van der Waals surface area (Å²) < 4.78 is 11.4. The monoisotopic (exact) mass is 312 g/mol. The molecule has 2 rings (SSSR count). The van der Waals surface area contributed by atoms with Gasteiger partial charge in [0, 0.05) is 26.2 Å². The largest absolute Gasteiger partial charge is 0.444 e. The van der Waals surface area contributed by atoms with Crippen LogP contribution in [0, 0.1) is 0 Å². The minimum atomic E-state index is -0.479. The van der Waals surface area contributed by atoms with Gasteiger partial charge in [0.2, 0.25) is 0 Å². The molecule has 0 aromatic rings. The molecule has 2 fully saturated rings. The van der Waals surface area contributed by atoms with E-state index in [0.29, 0.717) is 26.2 Å². The van der Waals surface area contributed by atoms with Crippen LogP contribution in [0.2, 0.25) is 0 Å². The molecule has 6 nitrogen and oxygen atoms in total. The quantitative estimate of drug-likeness (QED) is 0.743. The fraction of sp³-hybridized carbons (Fsp3) is 0.875. The number of piperidine rings is 1. The first-order chi connectivity index (χ1) is 10.2. The third-order valence-corrected chi connectivity index (χ3v) is 4.27. The summed E-state index contributed by atoms with van der Waals surface area (Å²) in [6.45, 7) is 11.9. The molecule has 6 heteroatoms. The maximum absolute atomic E-state index is 12.1. The Morgan fingerprint density at radius 3 is 2.45 bits per heavy atom. The van der Waals surface area contributed by atoms with Crippen molar-refractivity contribution in [3.8, 4) is 0 Å². The Bertz CT molecular complexity index is 436. The Balaban J connectivity index is 1.96. The third kappa shape index (κ3) is 3.72. The van der Waals surface area contributed by atoms with E-state index in [9.17, 15) is 9.59 Å². The van der Waals surface area contributed by atoms with Crippen molar-refractivity contribution in [2.24, 2.45) is 0 Å². The van der Waals surface area contributed by atoms with E-state index >= 15 is 0 Å². The molecule has 0 aromatic heterocycles. The maximum atomic E-state index is 12.1. The van der Waals surface area contributed by atoms with Crippen LogP contribution in [-0.2, 0) is 14.3 Å². The van der Waals surface area contributed by atoms with Crippen LogP contribution in [0.5, 0.6) is 0 Å². The normalized spacial score (nSPS) is 25.5. The van der Waals surface area contributed by atoms with Gasteiger partial charge in [0.05, 0.1) is 5.60 Å².